The Morgan fingerprint density at radius 3 is 1.82 bits per heavy atom. The molecule has 0 aliphatic heterocycles. The second-order valence-corrected chi connectivity index (χ2v) is 13.6. The van der Waals surface area contributed by atoms with Gasteiger partial charge in [-0.1, -0.05) is 121 Å². The fourth-order valence-electron chi connectivity index (χ4n) is 7.82. The van der Waals surface area contributed by atoms with Crippen molar-refractivity contribution in [3.05, 3.63) is 186 Å². The number of furan rings is 1. The van der Waals surface area contributed by atoms with Crippen LogP contribution in [0, 0.1) is 0 Å². The number of rotatable bonds is 5. The van der Waals surface area contributed by atoms with Gasteiger partial charge in [-0.25, -0.2) is 15.0 Å². The molecule has 258 valence electrons. The third-order valence-corrected chi connectivity index (χ3v) is 10.4. The molecule has 0 aliphatic rings. The van der Waals surface area contributed by atoms with Crippen LogP contribution >= 0.6 is 0 Å². The van der Waals surface area contributed by atoms with Crippen molar-refractivity contribution in [3.63, 3.8) is 0 Å². The second-order valence-electron chi connectivity index (χ2n) is 13.6. The predicted molar refractivity (Wildman–Crippen MR) is 220 cm³/mol. The molecule has 0 saturated carbocycles. The summed E-state index contributed by atoms with van der Waals surface area (Å²) in [5.74, 6) is 1.77. The zero-order chi connectivity index (χ0) is 36.5. The molecule has 0 spiro atoms. The van der Waals surface area contributed by atoms with Crippen LogP contribution in [0.15, 0.2) is 185 Å². The van der Waals surface area contributed by atoms with Crippen molar-refractivity contribution in [2.45, 2.75) is 0 Å². The van der Waals surface area contributed by atoms with Gasteiger partial charge in [-0.3, -0.25) is 9.36 Å². The van der Waals surface area contributed by atoms with Crippen LogP contribution in [-0.4, -0.2) is 23.9 Å². The molecular weight excluding hydrogens is 679 g/mol. The van der Waals surface area contributed by atoms with E-state index in [2.05, 4.69) is 52.9 Å². The molecular formula is C48H29N5O2. The van der Waals surface area contributed by atoms with Crippen LogP contribution < -0.4 is 5.56 Å². The lowest BCUT2D eigenvalue weighted by Gasteiger charge is -2.15. The third-order valence-electron chi connectivity index (χ3n) is 10.4. The molecule has 7 heteroatoms. The average molecular weight is 708 g/mol. The molecule has 0 unspecified atom stereocenters. The maximum Gasteiger partial charge on any atom is 0.279 e. The molecule has 11 aromatic rings. The summed E-state index contributed by atoms with van der Waals surface area (Å²) in [6.45, 7) is 0. The lowest BCUT2D eigenvalue weighted by atomic mass is 10.00. The summed E-state index contributed by atoms with van der Waals surface area (Å²) in [6, 6.07) is 58.6. The Morgan fingerprint density at radius 1 is 0.436 bits per heavy atom. The standard InChI is InChI=1S/C48H29N5O2/c54-48-41-29-34-17-10-11-21-38(34)53(41)40-28-33(23-25-39(40)52(48)35-18-8-3-9-19-35)32-24-26-42-37(27-32)44-36(20-12-22-43(44)55-42)47-50-45(30-13-4-1-5-14-30)49-46(51-47)31-15-6-2-7-16-31/h1-29H. The average Bonchev–Trinajstić information content (AvgIpc) is 3.84. The molecule has 4 heterocycles. The number of hydrogen-bond acceptors (Lipinski definition) is 5. The molecule has 4 aromatic heterocycles. The van der Waals surface area contributed by atoms with E-state index in [0.717, 1.165) is 77.4 Å². The number of aromatic nitrogens is 5. The number of para-hydroxylation sites is 2. The summed E-state index contributed by atoms with van der Waals surface area (Å²) >= 11 is 0. The monoisotopic (exact) mass is 707 g/mol. The Hall–Kier alpha value is -7.64. The van der Waals surface area contributed by atoms with Gasteiger partial charge in [0.15, 0.2) is 17.5 Å². The SMILES string of the molecule is O=c1c2cc3ccccc3n2c2cc(-c3ccc4oc5cccc(-c6nc(-c7ccccc7)nc(-c7ccccc7)n6)c5c4c3)ccc2n1-c1ccccc1. The largest absolute Gasteiger partial charge is 0.456 e. The van der Waals surface area contributed by atoms with Crippen LogP contribution in [0.25, 0.3) is 100 Å². The van der Waals surface area contributed by atoms with Gasteiger partial charge in [-0.05, 0) is 65.7 Å². The maximum absolute atomic E-state index is 14.2. The summed E-state index contributed by atoms with van der Waals surface area (Å²) in [5, 5.41) is 2.90. The summed E-state index contributed by atoms with van der Waals surface area (Å²) in [4.78, 5) is 29.2. The minimum atomic E-state index is -0.0642. The van der Waals surface area contributed by atoms with Gasteiger partial charge in [-0.15, -0.1) is 0 Å². The van der Waals surface area contributed by atoms with Gasteiger partial charge < -0.3 is 8.82 Å². The van der Waals surface area contributed by atoms with Crippen molar-refractivity contribution in [2.24, 2.45) is 0 Å². The Kier molecular flexibility index (Phi) is 6.87. The highest BCUT2D eigenvalue weighted by Gasteiger charge is 2.20. The number of benzene rings is 7. The molecule has 0 fully saturated rings. The van der Waals surface area contributed by atoms with Crippen molar-refractivity contribution in [3.8, 4) is 51.0 Å². The number of hydrogen-bond donors (Lipinski definition) is 0. The van der Waals surface area contributed by atoms with E-state index >= 15 is 0 Å². The molecule has 11 rings (SSSR count). The van der Waals surface area contributed by atoms with Gasteiger partial charge >= 0.3 is 0 Å². The third kappa shape index (κ3) is 4.98. The summed E-state index contributed by atoms with van der Waals surface area (Å²) in [7, 11) is 0. The topological polar surface area (TPSA) is 78.2 Å². The molecule has 7 nitrogen and oxygen atoms in total. The van der Waals surface area contributed by atoms with Gasteiger partial charge in [0.2, 0.25) is 0 Å². The smallest absolute Gasteiger partial charge is 0.279 e. The summed E-state index contributed by atoms with van der Waals surface area (Å²) in [5.41, 5.74) is 10.3. The van der Waals surface area contributed by atoms with Gasteiger partial charge in [0, 0.05) is 38.5 Å². The predicted octanol–water partition coefficient (Wildman–Crippen LogP) is 11.1. The fraction of sp³-hybridized carbons (Fsp3) is 0. The molecule has 0 aliphatic carbocycles. The highest BCUT2D eigenvalue weighted by Crippen LogP contribution is 2.39. The van der Waals surface area contributed by atoms with Gasteiger partial charge in [-0.2, -0.15) is 0 Å². The molecule has 0 amide bonds. The highest BCUT2D eigenvalue weighted by molar-refractivity contribution is 6.13. The zero-order valence-corrected chi connectivity index (χ0v) is 29.3. The van der Waals surface area contributed by atoms with Crippen LogP contribution in [0.1, 0.15) is 0 Å². The molecule has 55 heavy (non-hydrogen) atoms. The first-order valence-corrected chi connectivity index (χ1v) is 18.2. The Labute approximate surface area is 314 Å². The van der Waals surface area contributed by atoms with Crippen molar-refractivity contribution in [2.75, 3.05) is 0 Å². The highest BCUT2D eigenvalue weighted by atomic mass is 16.3. The van der Waals surface area contributed by atoms with Crippen LogP contribution in [0.2, 0.25) is 0 Å². The zero-order valence-electron chi connectivity index (χ0n) is 29.3. The van der Waals surface area contributed by atoms with Gasteiger partial charge in [0.05, 0.1) is 16.6 Å². The first kappa shape index (κ1) is 30.9. The van der Waals surface area contributed by atoms with Crippen LogP contribution in [0.3, 0.4) is 0 Å². The first-order valence-electron chi connectivity index (χ1n) is 18.2. The molecule has 0 N–H and O–H groups in total. The van der Waals surface area contributed by atoms with E-state index in [9.17, 15) is 4.79 Å². The van der Waals surface area contributed by atoms with E-state index < -0.39 is 0 Å². The molecule has 7 aromatic carbocycles. The van der Waals surface area contributed by atoms with E-state index in [4.69, 9.17) is 19.4 Å². The van der Waals surface area contributed by atoms with E-state index in [-0.39, 0.29) is 5.56 Å². The fourth-order valence-corrected chi connectivity index (χ4v) is 7.82. The number of fused-ring (bicyclic) bond motifs is 8. The second kappa shape index (κ2) is 12.2. The van der Waals surface area contributed by atoms with Crippen molar-refractivity contribution >= 4 is 49.4 Å². The Balaban J connectivity index is 1.14. The van der Waals surface area contributed by atoms with E-state index in [1.807, 2.05) is 132 Å². The Bertz CT molecular complexity index is 3270. The molecule has 0 saturated heterocycles. The minimum Gasteiger partial charge on any atom is -0.456 e. The van der Waals surface area contributed by atoms with E-state index in [0.29, 0.717) is 23.0 Å². The normalized spacial score (nSPS) is 11.7. The van der Waals surface area contributed by atoms with Gasteiger partial charge in [0.25, 0.3) is 5.56 Å². The van der Waals surface area contributed by atoms with Crippen LogP contribution in [0.4, 0.5) is 0 Å². The first-order chi connectivity index (χ1) is 27.2. The van der Waals surface area contributed by atoms with E-state index in [1.54, 1.807) is 0 Å². The molecule has 0 atom stereocenters. The quantitative estimate of drug-likeness (QED) is 0.178. The molecule has 0 radical (unpaired) electrons. The van der Waals surface area contributed by atoms with Gasteiger partial charge in [0.1, 0.15) is 16.7 Å². The minimum absolute atomic E-state index is 0.0642. The maximum atomic E-state index is 14.2. The van der Waals surface area contributed by atoms with Crippen molar-refractivity contribution < 1.29 is 4.42 Å². The van der Waals surface area contributed by atoms with Crippen LogP contribution in [0.5, 0.6) is 0 Å². The summed E-state index contributed by atoms with van der Waals surface area (Å²) < 4.78 is 10.4. The van der Waals surface area contributed by atoms with E-state index in [1.165, 1.54) is 0 Å². The van der Waals surface area contributed by atoms with Crippen molar-refractivity contribution in [1.82, 2.24) is 23.9 Å². The number of nitrogens with zero attached hydrogens (tertiary/aromatic N) is 5. The van der Waals surface area contributed by atoms with Crippen molar-refractivity contribution in [1.29, 1.82) is 0 Å². The Morgan fingerprint density at radius 2 is 1.07 bits per heavy atom. The van der Waals surface area contributed by atoms with Crippen LogP contribution in [-0.2, 0) is 0 Å². The lowest BCUT2D eigenvalue weighted by Crippen LogP contribution is -2.21. The molecule has 0 bridgehead atoms. The summed E-state index contributed by atoms with van der Waals surface area (Å²) in [6.07, 6.45) is 0. The lowest BCUT2D eigenvalue weighted by molar-refractivity contribution is 0.669.